The molecule has 1 heterocycles. The summed E-state index contributed by atoms with van der Waals surface area (Å²) in [4.78, 5) is 5.06. The van der Waals surface area contributed by atoms with Crippen LogP contribution in [-0.2, 0) is 4.74 Å². The quantitative estimate of drug-likeness (QED) is 0.837. The Morgan fingerprint density at radius 1 is 1.15 bits per heavy atom. The molecule has 27 heavy (non-hydrogen) atoms. The number of hydrogen-bond acceptors (Lipinski definition) is 4. The van der Waals surface area contributed by atoms with Gasteiger partial charge in [-0.2, -0.15) is 5.10 Å². The molecule has 0 saturated heterocycles. The molecule has 2 aromatic rings. The van der Waals surface area contributed by atoms with Gasteiger partial charge in [0.05, 0.1) is 11.8 Å². The Balaban J connectivity index is 1.72. The van der Waals surface area contributed by atoms with Crippen molar-refractivity contribution in [1.29, 1.82) is 0 Å². The van der Waals surface area contributed by atoms with E-state index in [1.165, 1.54) is 25.7 Å². The van der Waals surface area contributed by atoms with Crippen molar-refractivity contribution >= 4 is 11.6 Å². The summed E-state index contributed by atoms with van der Waals surface area (Å²) in [5.41, 5.74) is 8.56. The molecule has 4 rings (SSSR count). The number of ether oxygens (including phenoxy) is 1. The zero-order valence-corrected chi connectivity index (χ0v) is 17.0. The molecule has 0 radical (unpaired) electrons. The van der Waals surface area contributed by atoms with Crippen LogP contribution < -0.4 is 5.73 Å². The van der Waals surface area contributed by atoms with Crippen molar-refractivity contribution in [2.45, 2.75) is 75.9 Å². The van der Waals surface area contributed by atoms with Gasteiger partial charge in [0.2, 0.25) is 0 Å². The first-order valence-electron chi connectivity index (χ1n) is 10.1. The second kappa shape index (κ2) is 7.90. The number of methoxy groups -OCH3 is 1. The molecule has 0 aliphatic heterocycles. The maximum absolute atomic E-state index is 6.38. The number of rotatable bonds is 4. The number of benzene rings is 1. The smallest absolute Gasteiger partial charge is 0.154 e. The topological polar surface area (TPSA) is 66.0 Å². The van der Waals surface area contributed by atoms with Crippen LogP contribution in [0.25, 0.3) is 5.69 Å². The van der Waals surface area contributed by atoms with E-state index in [2.05, 4.69) is 17.7 Å². The van der Waals surface area contributed by atoms with Crippen LogP contribution in [0.1, 0.15) is 74.0 Å². The van der Waals surface area contributed by atoms with Crippen molar-refractivity contribution in [3.8, 4) is 5.69 Å². The van der Waals surface area contributed by atoms with Crippen molar-refractivity contribution < 1.29 is 4.74 Å². The summed E-state index contributed by atoms with van der Waals surface area (Å²) < 4.78 is 7.60. The van der Waals surface area contributed by atoms with E-state index in [1.807, 2.05) is 12.1 Å². The lowest BCUT2D eigenvalue weighted by molar-refractivity contribution is 0.0482. The molecule has 2 aliphatic rings. The maximum atomic E-state index is 6.38. The van der Waals surface area contributed by atoms with Gasteiger partial charge in [-0.1, -0.05) is 24.4 Å². The zero-order chi connectivity index (χ0) is 19.0. The van der Waals surface area contributed by atoms with Gasteiger partial charge < -0.3 is 10.5 Å². The van der Waals surface area contributed by atoms with Gasteiger partial charge in [-0.15, -0.1) is 0 Å². The van der Waals surface area contributed by atoms with Gasteiger partial charge in [-0.3, -0.25) is 0 Å². The first kappa shape index (κ1) is 18.9. The van der Waals surface area contributed by atoms with Crippen molar-refractivity contribution in [1.82, 2.24) is 14.8 Å². The van der Waals surface area contributed by atoms with Crippen molar-refractivity contribution in [3.63, 3.8) is 0 Å². The highest BCUT2D eigenvalue weighted by Gasteiger charge is 2.33. The molecular formula is C21H29ClN4O. The third-order valence-electron chi connectivity index (χ3n) is 6.26. The molecule has 5 nitrogen and oxygen atoms in total. The minimum absolute atomic E-state index is 0.0418. The van der Waals surface area contributed by atoms with E-state index in [9.17, 15) is 0 Å². The molecule has 1 aromatic heterocycles. The lowest BCUT2D eigenvalue weighted by Crippen LogP contribution is -2.41. The van der Waals surface area contributed by atoms with E-state index in [0.717, 1.165) is 47.2 Å². The molecule has 2 N–H and O–H groups in total. The molecular weight excluding hydrogens is 360 g/mol. The van der Waals surface area contributed by atoms with Crippen LogP contribution >= 0.6 is 11.6 Å². The fourth-order valence-corrected chi connectivity index (χ4v) is 4.93. The summed E-state index contributed by atoms with van der Waals surface area (Å²) in [7, 11) is 1.75. The highest BCUT2D eigenvalue weighted by molar-refractivity contribution is 6.30. The molecule has 1 aromatic carbocycles. The van der Waals surface area contributed by atoms with Crippen LogP contribution in [0.15, 0.2) is 18.2 Å². The lowest BCUT2D eigenvalue weighted by Gasteiger charge is -2.32. The Kier molecular flexibility index (Phi) is 5.53. The van der Waals surface area contributed by atoms with Crippen LogP contribution in [0.3, 0.4) is 0 Å². The van der Waals surface area contributed by atoms with Gasteiger partial charge >= 0.3 is 0 Å². The Morgan fingerprint density at radius 2 is 1.93 bits per heavy atom. The molecule has 3 atom stereocenters. The van der Waals surface area contributed by atoms with Crippen molar-refractivity contribution in [2.24, 2.45) is 5.73 Å². The number of hydrogen-bond donors (Lipinski definition) is 1. The summed E-state index contributed by atoms with van der Waals surface area (Å²) >= 11 is 6.18. The summed E-state index contributed by atoms with van der Waals surface area (Å²) in [5.74, 6) is 2.84. The third kappa shape index (κ3) is 3.78. The number of aromatic nitrogens is 3. The van der Waals surface area contributed by atoms with Crippen LogP contribution in [0.5, 0.6) is 0 Å². The van der Waals surface area contributed by atoms with E-state index >= 15 is 0 Å². The van der Waals surface area contributed by atoms with Gasteiger partial charge in [0, 0.05) is 30.0 Å². The average molecular weight is 389 g/mol. The Bertz CT molecular complexity index is 799. The second-order valence-electron chi connectivity index (χ2n) is 8.10. The minimum atomic E-state index is 0.0418. The number of halogens is 1. The molecule has 2 fully saturated rings. The molecule has 2 aliphatic carbocycles. The van der Waals surface area contributed by atoms with Gasteiger partial charge in [0.25, 0.3) is 0 Å². The summed E-state index contributed by atoms with van der Waals surface area (Å²) in [6.07, 6.45) is 7.96. The third-order valence-corrected chi connectivity index (χ3v) is 6.49. The fraction of sp³-hybridized carbons (Fsp3) is 0.619. The molecule has 0 amide bonds. The molecule has 146 valence electrons. The van der Waals surface area contributed by atoms with E-state index < -0.39 is 0 Å². The Labute approximate surface area is 166 Å². The van der Waals surface area contributed by atoms with Gasteiger partial charge in [-0.25, -0.2) is 9.67 Å². The Morgan fingerprint density at radius 3 is 2.59 bits per heavy atom. The van der Waals surface area contributed by atoms with E-state index in [1.54, 1.807) is 7.11 Å². The molecule has 0 bridgehead atoms. The molecule has 6 heteroatoms. The predicted molar refractivity (Wildman–Crippen MR) is 108 cm³/mol. The largest absolute Gasteiger partial charge is 0.380 e. The molecule has 0 unspecified atom stereocenters. The van der Waals surface area contributed by atoms with Crippen LogP contribution in [-0.4, -0.2) is 34.0 Å². The monoisotopic (exact) mass is 388 g/mol. The predicted octanol–water partition coefficient (Wildman–Crippen LogP) is 4.50. The van der Waals surface area contributed by atoms with Crippen molar-refractivity contribution in [3.05, 3.63) is 40.4 Å². The van der Waals surface area contributed by atoms with E-state index in [4.69, 9.17) is 32.2 Å². The molecule has 0 spiro atoms. The highest BCUT2D eigenvalue weighted by atomic mass is 35.5. The summed E-state index contributed by atoms with van der Waals surface area (Å²) in [6, 6.07) is 6.01. The van der Waals surface area contributed by atoms with Gasteiger partial charge in [0.15, 0.2) is 5.82 Å². The minimum Gasteiger partial charge on any atom is -0.380 e. The summed E-state index contributed by atoms with van der Waals surface area (Å²) in [5, 5.41) is 5.73. The normalized spacial score (nSPS) is 26.6. The van der Waals surface area contributed by atoms with E-state index in [0.29, 0.717) is 11.8 Å². The SMILES string of the molecule is CO[C@@H]1CC[C@H](c2nc(C3CCCC3)nn2-c2ccc(Cl)cc2C)C[C@H]1N. The first-order chi connectivity index (χ1) is 13.1. The number of aryl methyl sites for hydroxylation is 1. The lowest BCUT2D eigenvalue weighted by atomic mass is 9.83. The number of nitrogens with zero attached hydrogens (tertiary/aromatic N) is 3. The second-order valence-corrected chi connectivity index (χ2v) is 8.54. The molecule has 2 saturated carbocycles. The van der Waals surface area contributed by atoms with Crippen LogP contribution in [0.2, 0.25) is 5.02 Å². The zero-order valence-electron chi connectivity index (χ0n) is 16.2. The van der Waals surface area contributed by atoms with Gasteiger partial charge in [0.1, 0.15) is 5.82 Å². The first-order valence-corrected chi connectivity index (χ1v) is 10.5. The van der Waals surface area contributed by atoms with Crippen LogP contribution in [0.4, 0.5) is 0 Å². The Hall–Kier alpha value is -1.43. The van der Waals surface area contributed by atoms with E-state index in [-0.39, 0.29) is 12.1 Å². The summed E-state index contributed by atoms with van der Waals surface area (Å²) in [6.45, 7) is 2.08. The average Bonchev–Trinajstić information content (AvgIpc) is 3.31. The van der Waals surface area contributed by atoms with Crippen molar-refractivity contribution in [2.75, 3.05) is 7.11 Å². The highest BCUT2D eigenvalue weighted by Crippen LogP contribution is 2.37. The fourth-order valence-electron chi connectivity index (χ4n) is 4.70. The standard InChI is InChI=1S/C21H29ClN4O/c1-13-11-16(22)8-9-18(13)26-21(15-7-10-19(27-2)17(23)12-15)24-20(25-26)14-5-3-4-6-14/h8-9,11,14-15,17,19H,3-7,10,12,23H2,1-2H3/t15-,17+,19+/m0/s1. The number of nitrogens with two attached hydrogens (primary N) is 1. The maximum Gasteiger partial charge on any atom is 0.154 e. The van der Waals surface area contributed by atoms with Crippen LogP contribution in [0, 0.1) is 6.92 Å². The van der Waals surface area contributed by atoms with Gasteiger partial charge in [-0.05, 0) is 62.8 Å².